The highest BCUT2D eigenvalue weighted by atomic mass is 16.6. The molecule has 0 bridgehead atoms. The summed E-state index contributed by atoms with van der Waals surface area (Å²) in [5.41, 5.74) is 6.48. The van der Waals surface area contributed by atoms with Crippen LogP contribution >= 0.6 is 0 Å². The van der Waals surface area contributed by atoms with E-state index >= 15 is 0 Å². The summed E-state index contributed by atoms with van der Waals surface area (Å²) in [7, 11) is 3.22. The zero-order valence-electron chi connectivity index (χ0n) is 9.64. The standard InChI is InChI=1S/C10H14N4O3/c1-12-10(15)6-13(2)9-4-3-7(14(16)17)5-8(9)11/h3-5H,6,11H2,1-2H3,(H,12,15). The fourth-order valence-electron chi connectivity index (χ4n) is 1.38. The first-order valence-corrected chi connectivity index (χ1v) is 4.91. The van der Waals surface area contributed by atoms with Crippen molar-refractivity contribution in [2.45, 2.75) is 0 Å². The van der Waals surface area contributed by atoms with Gasteiger partial charge in [-0.2, -0.15) is 0 Å². The Morgan fingerprint density at radius 2 is 2.24 bits per heavy atom. The normalized spacial score (nSPS) is 9.76. The highest BCUT2D eigenvalue weighted by molar-refractivity contribution is 5.83. The number of nitrogens with two attached hydrogens (primary N) is 1. The molecular weight excluding hydrogens is 224 g/mol. The van der Waals surface area contributed by atoms with Crippen molar-refractivity contribution in [1.29, 1.82) is 0 Å². The van der Waals surface area contributed by atoms with Gasteiger partial charge in [0, 0.05) is 26.2 Å². The molecule has 0 aromatic heterocycles. The van der Waals surface area contributed by atoms with Crippen molar-refractivity contribution in [2.75, 3.05) is 31.3 Å². The van der Waals surface area contributed by atoms with Crippen LogP contribution in [0.2, 0.25) is 0 Å². The summed E-state index contributed by atoms with van der Waals surface area (Å²) in [6, 6.07) is 4.15. The number of benzene rings is 1. The Balaban J connectivity index is 2.92. The SMILES string of the molecule is CNC(=O)CN(C)c1ccc([N+](=O)[O-])cc1N. The van der Waals surface area contributed by atoms with Gasteiger partial charge in [0.25, 0.3) is 5.69 Å². The van der Waals surface area contributed by atoms with Gasteiger partial charge in [0.2, 0.25) is 5.91 Å². The molecule has 17 heavy (non-hydrogen) atoms. The second-order valence-corrected chi connectivity index (χ2v) is 3.53. The zero-order valence-corrected chi connectivity index (χ0v) is 9.64. The second kappa shape index (κ2) is 5.15. The molecule has 3 N–H and O–H groups in total. The average molecular weight is 238 g/mol. The van der Waals surface area contributed by atoms with Gasteiger partial charge >= 0.3 is 0 Å². The summed E-state index contributed by atoms with van der Waals surface area (Å²) in [5.74, 6) is -0.162. The molecule has 0 unspecified atom stereocenters. The van der Waals surface area contributed by atoms with E-state index in [9.17, 15) is 14.9 Å². The lowest BCUT2D eigenvalue weighted by Gasteiger charge is -2.19. The Bertz CT molecular complexity index is 447. The predicted octanol–water partition coefficient (Wildman–Crippen LogP) is 0.359. The Labute approximate surface area is 98.4 Å². The average Bonchev–Trinajstić information content (AvgIpc) is 2.28. The fourth-order valence-corrected chi connectivity index (χ4v) is 1.38. The van der Waals surface area contributed by atoms with Crippen LogP contribution < -0.4 is 16.0 Å². The van der Waals surface area contributed by atoms with Gasteiger partial charge in [-0.05, 0) is 6.07 Å². The van der Waals surface area contributed by atoms with E-state index in [1.54, 1.807) is 11.9 Å². The van der Waals surface area contributed by atoms with Crippen LogP contribution in [0.3, 0.4) is 0 Å². The summed E-state index contributed by atoms with van der Waals surface area (Å²) in [5, 5.41) is 13.0. The lowest BCUT2D eigenvalue weighted by atomic mass is 10.2. The van der Waals surface area contributed by atoms with E-state index in [-0.39, 0.29) is 23.8 Å². The topological polar surface area (TPSA) is 102 Å². The van der Waals surface area contributed by atoms with Gasteiger partial charge in [-0.25, -0.2) is 0 Å². The van der Waals surface area contributed by atoms with E-state index in [0.29, 0.717) is 5.69 Å². The Hall–Kier alpha value is -2.31. The number of nitrogens with one attached hydrogen (secondary N) is 1. The van der Waals surface area contributed by atoms with Crippen LogP contribution in [0.15, 0.2) is 18.2 Å². The smallest absolute Gasteiger partial charge is 0.271 e. The number of likely N-dealkylation sites (N-methyl/N-ethyl adjacent to an activating group) is 2. The molecule has 1 aromatic rings. The fraction of sp³-hybridized carbons (Fsp3) is 0.300. The maximum Gasteiger partial charge on any atom is 0.271 e. The number of anilines is 2. The van der Waals surface area contributed by atoms with Crippen LogP contribution in [0.1, 0.15) is 0 Å². The van der Waals surface area contributed by atoms with Crippen LogP contribution in [0.5, 0.6) is 0 Å². The van der Waals surface area contributed by atoms with E-state index < -0.39 is 4.92 Å². The largest absolute Gasteiger partial charge is 0.397 e. The maximum atomic E-state index is 11.2. The molecule has 92 valence electrons. The lowest BCUT2D eigenvalue weighted by Crippen LogP contribution is -2.33. The Kier molecular flexibility index (Phi) is 3.86. The molecule has 0 saturated heterocycles. The molecule has 7 heteroatoms. The maximum absolute atomic E-state index is 11.2. The Morgan fingerprint density at radius 3 is 2.71 bits per heavy atom. The van der Waals surface area contributed by atoms with Crippen molar-refractivity contribution in [1.82, 2.24) is 5.32 Å². The first-order valence-electron chi connectivity index (χ1n) is 4.91. The van der Waals surface area contributed by atoms with Crippen LogP contribution in [0.4, 0.5) is 17.1 Å². The van der Waals surface area contributed by atoms with Crippen LogP contribution in [0, 0.1) is 10.1 Å². The molecule has 0 atom stereocenters. The number of amides is 1. The van der Waals surface area contributed by atoms with E-state index in [2.05, 4.69) is 5.32 Å². The first-order chi connectivity index (χ1) is 7.95. The number of non-ortho nitro benzene ring substituents is 1. The van der Waals surface area contributed by atoms with Crippen molar-refractivity contribution in [2.24, 2.45) is 0 Å². The first kappa shape index (κ1) is 12.8. The van der Waals surface area contributed by atoms with Crippen molar-refractivity contribution in [3.8, 4) is 0 Å². The molecule has 1 amide bonds. The van der Waals surface area contributed by atoms with E-state index in [1.165, 1.54) is 25.2 Å². The predicted molar refractivity (Wildman–Crippen MR) is 64.8 cm³/mol. The summed E-state index contributed by atoms with van der Waals surface area (Å²) in [6.07, 6.45) is 0. The third kappa shape index (κ3) is 3.07. The van der Waals surface area contributed by atoms with Crippen molar-refractivity contribution in [3.63, 3.8) is 0 Å². The molecular formula is C10H14N4O3. The van der Waals surface area contributed by atoms with Crippen molar-refractivity contribution < 1.29 is 9.72 Å². The molecule has 0 saturated carbocycles. The molecule has 0 spiro atoms. The number of nitrogen functional groups attached to an aromatic ring is 1. The molecule has 0 fully saturated rings. The quantitative estimate of drug-likeness (QED) is 0.448. The third-order valence-electron chi connectivity index (χ3n) is 2.29. The number of hydrogen-bond donors (Lipinski definition) is 2. The molecule has 1 aromatic carbocycles. The van der Waals surface area contributed by atoms with Crippen molar-refractivity contribution >= 4 is 23.0 Å². The third-order valence-corrected chi connectivity index (χ3v) is 2.29. The van der Waals surface area contributed by atoms with Crippen molar-refractivity contribution in [3.05, 3.63) is 28.3 Å². The summed E-state index contributed by atoms with van der Waals surface area (Å²) in [4.78, 5) is 22.8. The minimum Gasteiger partial charge on any atom is -0.397 e. The van der Waals surface area contributed by atoms with E-state index in [0.717, 1.165) is 0 Å². The molecule has 0 radical (unpaired) electrons. The lowest BCUT2D eigenvalue weighted by molar-refractivity contribution is -0.384. The number of nitrogens with zero attached hydrogens (tertiary/aromatic N) is 2. The zero-order chi connectivity index (χ0) is 13.0. The highest BCUT2D eigenvalue weighted by Gasteiger charge is 2.13. The number of carbonyl (C=O) groups excluding carboxylic acids is 1. The Morgan fingerprint density at radius 1 is 1.59 bits per heavy atom. The molecule has 7 nitrogen and oxygen atoms in total. The number of nitro benzene ring substituents is 1. The minimum absolute atomic E-state index is 0.0698. The van der Waals surface area contributed by atoms with Crippen LogP contribution in [-0.4, -0.2) is 31.5 Å². The summed E-state index contributed by atoms with van der Waals surface area (Å²) < 4.78 is 0. The van der Waals surface area contributed by atoms with Gasteiger partial charge < -0.3 is 16.0 Å². The highest BCUT2D eigenvalue weighted by Crippen LogP contribution is 2.26. The van der Waals surface area contributed by atoms with Crippen LogP contribution in [-0.2, 0) is 4.79 Å². The molecule has 0 aliphatic heterocycles. The number of nitro groups is 1. The molecule has 0 heterocycles. The molecule has 1 rings (SSSR count). The number of carbonyl (C=O) groups is 1. The van der Waals surface area contributed by atoms with Gasteiger partial charge in [0.05, 0.1) is 22.8 Å². The van der Waals surface area contributed by atoms with Crippen LogP contribution in [0.25, 0.3) is 0 Å². The number of hydrogen-bond acceptors (Lipinski definition) is 5. The van der Waals surface area contributed by atoms with E-state index in [1.807, 2.05) is 0 Å². The summed E-state index contributed by atoms with van der Waals surface area (Å²) in [6.45, 7) is 0.137. The van der Waals surface area contributed by atoms with Gasteiger partial charge in [-0.1, -0.05) is 0 Å². The molecule has 0 aliphatic carbocycles. The molecule has 0 aliphatic rings. The van der Waals surface area contributed by atoms with Gasteiger partial charge in [0.1, 0.15) is 0 Å². The summed E-state index contributed by atoms with van der Waals surface area (Å²) >= 11 is 0. The van der Waals surface area contributed by atoms with Gasteiger partial charge in [-0.3, -0.25) is 14.9 Å². The van der Waals surface area contributed by atoms with Gasteiger partial charge in [-0.15, -0.1) is 0 Å². The van der Waals surface area contributed by atoms with E-state index in [4.69, 9.17) is 5.73 Å². The monoisotopic (exact) mass is 238 g/mol. The second-order valence-electron chi connectivity index (χ2n) is 3.53. The van der Waals surface area contributed by atoms with Gasteiger partial charge in [0.15, 0.2) is 0 Å². The number of rotatable bonds is 4. The minimum atomic E-state index is -0.515.